The summed E-state index contributed by atoms with van der Waals surface area (Å²) in [6.07, 6.45) is -6.92. The molecule has 2 amide bonds. The largest absolute Gasteiger partial charge is 0.493 e. The lowest BCUT2D eigenvalue weighted by atomic mass is 9.65. The fraction of sp³-hybridized carbons (Fsp3) is 0.481. The second-order valence-electron chi connectivity index (χ2n) is 10.3. The molecule has 11 nitrogen and oxygen atoms in total. The maximum atomic E-state index is 13.3. The number of carboxylic acids is 1. The van der Waals surface area contributed by atoms with Crippen LogP contribution in [0.25, 0.3) is 0 Å². The number of carbonyl (C=O) groups excluding carboxylic acids is 1. The van der Waals surface area contributed by atoms with E-state index >= 15 is 0 Å². The number of nitrogens with one attached hydrogen (secondary N) is 2. The van der Waals surface area contributed by atoms with E-state index in [4.69, 9.17) is 19.4 Å². The number of nitro groups is 1. The zero-order valence-corrected chi connectivity index (χ0v) is 23.7. The minimum atomic E-state index is -5.08. The molecule has 0 spiro atoms. The average molecular weight is 637 g/mol. The first-order valence-electron chi connectivity index (χ1n) is 13.1. The van der Waals surface area contributed by atoms with Gasteiger partial charge >= 0.3 is 24.4 Å². The van der Waals surface area contributed by atoms with E-state index in [0.29, 0.717) is 30.4 Å². The first-order chi connectivity index (χ1) is 20.4. The van der Waals surface area contributed by atoms with E-state index < -0.39 is 40.5 Å². The molecule has 17 heteroatoms. The molecule has 0 radical (unpaired) electrons. The van der Waals surface area contributed by atoms with Crippen molar-refractivity contribution in [2.45, 2.75) is 55.5 Å². The number of carboxylic acid groups (broad SMARTS) is 1. The van der Waals surface area contributed by atoms with Gasteiger partial charge in [-0.15, -0.1) is 0 Å². The van der Waals surface area contributed by atoms with Crippen molar-refractivity contribution in [1.29, 1.82) is 0 Å². The molecule has 3 atom stereocenters. The van der Waals surface area contributed by atoms with E-state index in [9.17, 15) is 41.3 Å². The Hall–Kier alpha value is -4.28. The number of benzene rings is 2. The number of rotatable bonds is 6. The second kappa shape index (κ2) is 13.2. The Labute approximate surface area is 247 Å². The summed E-state index contributed by atoms with van der Waals surface area (Å²) in [5, 5.41) is 23.4. The third kappa shape index (κ3) is 7.62. The molecule has 1 saturated heterocycles. The fourth-order valence-corrected chi connectivity index (χ4v) is 5.75. The van der Waals surface area contributed by atoms with E-state index in [2.05, 4.69) is 21.6 Å². The first-order valence-corrected chi connectivity index (χ1v) is 13.1. The molecule has 1 heterocycles. The normalized spacial score (nSPS) is 21.8. The zero-order chi connectivity index (χ0) is 33.0. The number of nitro benzene ring substituents is 1. The summed E-state index contributed by atoms with van der Waals surface area (Å²) >= 11 is 0. The SMILES string of the molecule is COc1ccc(C23CCC(NC(=O)Nc4ccc([N+](=O)[O-])c(C(F)(F)F)c4)CC2N(C)CC3)cc1OC.O=C(O)C(F)(F)F. The van der Waals surface area contributed by atoms with Gasteiger partial charge in [0.25, 0.3) is 5.69 Å². The lowest BCUT2D eigenvalue weighted by Crippen LogP contribution is -2.52. The Morgan fingerprint density at radius 3 is 2.23 bits per heavy atom. The van der Waals surface area contributed by atoms with Crippen LogP contribution in [0.2, 0.25) is 0 Å². The van der Waals surface area contributed by atoms with Crippen LogP contribution >= 0.6 is 0 Å². The Morgan fingerprint density at radius 1 is 1.05 bits per heavy atom. The predicted octanol–water partition coefficient (Wildman–Crippen LogP) is 5.58. The van der Waals surface area contributed by atoms with Crippen LogP contribution in [0.4, 0.5) is 42.5 Å². The topological polar surface area (TPSA) is 143 Å². The number of urea groups is 1. The lowest BCUT2D eigenvalue weighted by molar-refractivity contribution is -0.388. The number of carbonyl (C=O) groups is 2. The summed E-state index contributed by atoms with van der Waals surface area (Å²) < 4.78 is 82.4. The number of methoxy groups -OCH3 is 2. The van der Waals surface area contributed by atoms with Gasteiger partial charge in [0.05, 0.1) is 19.1 Å². The molecule has 3 unspecified atom stereocenters. The van der Waals surface area contributed by atoms with Crippen LogP contribution in [-0.4, -0.2) is 73.0 Å². The Kier molecular flexibility index (Phi) is 10.2. The predicted molar refractivity (Wildman–Crippen MR) is 144 cm³/mol. The minimum Gasteiger partial charge on any atom is -0.493 e. The van der Waals surface area contributed by atoms with Gasteiger partial charge in [-0.25, -0.2) is 9.59 Å². The molecule has 0 aromatic heterocycles. The van der Waals surface area contributed by atoms with E-state index in [1.807, 2.05) is 19.2 Å². The highest BCUT2D eigenvalue weighted by Crippen LogP contribution is 2.50. The highest BCUT2D eigenvalue weighted by Gasteiger charge is 2.50. The van der Waals surface area contributed by atoms with Crippen LogP contribution in [0.1, 0.15) is 36.8 Å². The van der Waals surface area contributed by atoms with Gasteiger partial charge in [0.2, 0.25) is 0 Å². The number of hydrogen-bond donors (Lipinski definition) is 3. The zero-order valence-electron chi connectivity index (χ0n) is 23.7. The number of ether oxygens (including phenoxy) is 2. The number of nitrogens with zero attached hydrogens (tertiary/aromatic N) is 2. The van der Waals surface area contributed by atoms with E-state index in [-0.39, 0.29) is 23.2 Å². The third-order valence-electron chi connectivity index (χ3n) is 7.82. The van der Waals surface area contributed by atoms with Crippen molar-refractivity contribution < 1.29 is 55.4 Å². The number of aliphatic carboxylic acids is 1. The number of halogens is 6. The van der Waals surface area contributed by atoms with E-state index in [0.717, 1.165) is 37.1 Å². The monoisotopic (exact) mass is 636 g/mol. The van der Waals surface area contributed by atoms with Gasteiger partial charge in [-0.3, -0.25) is 10.1 Å². The van der Waals surface area contributed by atoms with Gasteiger partial charge in [0, 0.05) is 29.3 Å². The highest BCUT2D eigenvalue weighted by atomic mass is 19.4. The smallest absolute Gasteiger partial charge is 0.490 e. The van der Waals surface area contributed by atoms with Crippen LogP contribution in [0.15, 0.2) is 36.4 Å². The van der Waals surface area contributed by atoms with Crippen LogP contribution in [0, 0.1) is 10.1 Å². The molecule has 242 valence electrons. The molecule has 1 aliphatic heterocycles. The molecule has 1 aliphatic carbocycles. The standard InChI is InChI=1S/C25H29F3N4O5.C2HF3O2/c1-31-11-10-24(15-4-7-20(36-2)21(12-15)37-3)9-8-17(14-22(24)31)30-23(33)29-16-5-6-19(32(34)35)18(13-16)25(26,27)28;3-2(4,5)1(6)7/h4-7,12-13,17,22H,8-11,14H2,1-3H3,(H2,29,30,33);(H,6,7). The summed E-state index contributed by atoms with van der Waals surface area (Å²) in [4.78, 5) is 33.7. The highest BCUT2D eigenvalue weighted by molar-refractivity contribution is 5.89. The Morgan fingerprint density at radius 2 is 1.68 bits per heavy atom. The van der Waals surface area contributed by atoms with Crippen molar-refractivity contribution in [2.75, 3.05) is 33.1 Å². The van der Waals surface area contributed by atoms with Gasteiger partial charge in [-0.05, 0) is 69.1 Å². The molecular formula is C27H30F6N4O7. The van der Waals surface area contributed by atoms with Gasteiger partial charge < -0.3 is 30.1 Å². The van der Waals surface area contributed by atoms with Gasteiger partial charge in [-0.1, -0.05) is 6.07 Å². The van der Waals surface area contributed by atoms with Crippen LogP contribution < -0.4 is 20.1 Å². The molecule has 4 rings (SSSR count). The number of alkyl halides is 6. The first kappa shape index (κ1) is 34.2. The molecular weight excluding hydrogens is 606 g/mol. The Balaban J connectivity index is 0.000000676. The molecule has 2 aromatic carbocycles. The maximum absolute atomic E-state index is 13.3. The number of anilines is 1. The number of hydrogen-bond acceptors (Lipinski definition) is 7. The van der Waals surface area contributed by atoms with Gasteiger partial charge in [0.15, 0.2) is 11.5 Å². The van der Waals surface area contributed by atoms with Crippen molar-refractivity contribution in [3.63, 3.8) is 0 Å². The van der Waals surface area contributed by atoms with Crippen molar-refractivity contribution >= 4 is 23.4 Å². The molecule has 2 fully saturated rings. The lowest BCUT2D eigenvalue weighted by Gasteiger charge is -2.45. The summed E-state index contributed by atoms with van der Waals surface area (Å²) in [6.45, 7) is 0.890. The number of likely N-dealkylation sites (tertiary alicyclic amines) is 1. The molecule has 0 bridgehead atoms. The maximum Gasteiger partial charge on any atom is 0.490 e. The van der Waals surface area contributed by atoms with Crippen LogP contribution in [0.3, 0.4) is 0 Å². The average Bonchev–Trinajstić information content (AvgIpc) is 3.28. The summed E-state index contributed by atoms with van der Waals surface area (Å²) in [7, 11) is 5.23. The molecule has 44 heavy (non-hydrogen) atoms. The van der Waals surface area contributed by atoms with Gasteiger partial charge in [-0.2, -0.15) is 26.3 Å². The van der Waals surface area contributed by atoms with E-state index in [1.54, 1.807) is 14.2 Å². The van der Waals surface area contributed by atoms with Crippen molar-refractivity contribution in [3.05, 3.63) is 57.6 Å². The van der Waals surface area contributed by atoms with Crippen LogP contribution in [0.5, 0.6) is 11.5 Å². The quantitative estimate of drug-likeness (QED) is 0.212. The molecule has 3 N–H and O–H groups in total. The summed E-state index contributed by atoms with van der Waals surface area (Å²) in [5.74, 6) is -1.45. The fourth-order valence-electron chi connectivity index (χ4n) is 5.75. The number of fused-ring (bicyclic) bond motifs is 1. The van der Waals surface area contributed by atoms with Crippen molar-refractivity contribution in [2.24, 2.45) is 0 Å². The molecule has 2 aliphatic rings. The minimum absolute atomic E-state index is 0.122. The van der Waals surface area contributed by atoms with Crippen molar-refractivity contribution in [1.82, 2.24) is 10.2 Å². The van der Waals surface area contributed by atoms with Gasteiger partial charge in [0.1, 0.15) is 5.56 Å². The molecule has 2 aromatic rings. The number of amides is 2. The molecule has 1 saturated carbocycles. The van der Waals surface area contributed by atoms with Crippen LogP contribution in [-0.2, 0) is 16.4 Å². The summed E-state index contributed by atoms with van der Waals surface area (Å²) in [6, 6.07) is 7.65. The Bertz CT molecular complexity index is 1390. The van der Waals surface area contributed by atoms with Crippen molar-refractivity contribution in [3.8, 4) is 11.5 Å². The summed E-state index contributed by atoms with van der Waals surface area (Å²) in [5.41, 5.74) is -1.64. The second-order valence-corrected chi connectivity index (χ2v) is 10.3. The third-order valence-corrected chi connectivity index (χ3v) is 7.82. The number of likely N-dealkylation sites (N-methyl/N-ethyl adjacent to an activating group) is 1. The van der Waals surface area contributed by atoms with E-state index in [1.165, 1.54) is 0 Å².